The van der Waals surface area contributed by atoms with Crippen molar-refractivity contribution in [2.45, 2.75) is 19.6 Å². The molecule has 2 aromatic rings. The molecule has 1 heterocycles. The number of fused-ring (bicyclic) bond motifs is 1. The van der Waals surface area contributed by atoms with Crippen molar-refractivity contribution in [3.05, 3.63) is 52.6 Å². The second-order valence-electron chi connectivity index (χ2n) is 5.82. The molecule has 0 saturated heterocycles. The summed E-state index contributed by atoms with van der Waals surface area (Å²) in [5.41, 5.74) is 4.36. The molecule has 132 valence electrons. The van der Waals surface area contributed by atoms with Gasteiger partial charge in [-0.25, -0.2) is 4.79 Å². The van der Waals surface area contributed by atoms with Gasteiger partial charge in [-0.3, -0.25) is 0 Å². The molecular weight excluding hydrogens is 322 g/mol. The Kier molecular flexibility index (Phi) is 5.09. The first-order valence-electron chi connectivity index (χ1n) is 8.04. The Labute approximate surface area is 146 Å². The molecule has 0 fully saturated rings. The zero-order valence-electron chi connectivity index (χ0n) is 14.3. The van der Waals surface area contributed by atoms with E-state index in [0.717, 1.165) is 18.6 Å². The van der Waals surface area contributed by atoms with Gasteiger partial charge >= 0.3 is 5.97 Å². The van der Waals surface area contributed by atoms with Crippen LogP contribution in [-0.4, -0.2) is 31.9 Å². The van der Waals surface area contributed by atoms with Crippen LogP contribution in [0.25, 0.3) is 0 Å². The Morgan fingerprint density at radius 2 is 2.04 bits per heavy atom. The average molecular weight is 343 g/mol. The summed E-state index contributed by atoms with van der Waals surface area (Å²) in [4.78, 5) is 11.3. The summed E-state index contributed by atoms with van der Waals surface area (Å²) < 4.78 is 16.1. The maximum absolute atomic E-state index is 11.3. The molecule has 0 amide bonds. The second-order valence-corrected chi connectivity index (χ2v) is 5.82. The molecule has 1 aliphatic heterocycles. The second kappa shape index (κ2) is 7.44. The predicted octanol–water partition coefficient (Wildman–Crippen LogP) is 3.09. The van der Waals surface area contributed by atoms with Gasteiger partial charge in [-0.05, 0) is 35.2 Å². The maximum Gasteiger partial charge on any atom is 0.335 e. The predicted molar refractivity (Wildman–Crippen MR) is 93.6 cm³/mol. The highest BCUT2D eigenvalue weighted by molar-refractivity contribution is 5.90. The van der Waals surface area contributed by atoms with E-state index in [9.17, 15) is 9.90 Å². The highest BCUT2D eigenvalue weighted by Gasteiger charge is 2.16. The van der Waals surface area contributed by atoms with Crippen molar-refractivity contribution in [3.8, 4) is 11.5 Å². The van der Waals surface area contributed by atoms with Gasteiger partial charge in [0.1, 0.15) is 0 Å². The molecule has 0 spiro atoms. The number of rotatable bonds is 6. The molecule has 0 aliphatic carbocycles. The van der Waals surface area contributed by atoms with Crippen molar-refractivity contribution in [2.24, 2.45) is 0 Å². The number of hydrogen-bond acceptors (Lipinski definition) is 5. The van der Waals surface area contributed by atoms with Crippen LogP contribution in [0, 0.1) is 0 Å². The average Bonchev–Trinajstić information content (AvgIpc) is 2.65. The highest BCUT2D eigenvalue weighted by Crippen LogP contribution is 2.37. The third-order valence-electron chi connectivity index (χ3n) is 4.25. The smallest absolute Gasteiger partial charge is 0.335 e. The minimum atomic E-state index is -1.02. The number of carbonyl (C=O) groups is 1. The van der Waals surface area contributed by atoms with Crippen molar-refractivity contribution >= 4 is 11.7 Å². The minimum Gasteiger partial charge on any atom is -0.493 e. The molecule has 2 aromatic carbocycles. The van der Waals surface area contributed by atoms with E-state index >= 15 is 0 Å². The first-order valence-corrected chi connectivity index (χ1v) is 8.04. The lowest BCUT2D eigenvalue weighted by atomic mass is 10.0. The quantitative estimate of drug-likeness (QED) is 0.839. The molecule has 0 aromatic heterocycles. The van der Waals surface area contributed by atoms with Gasteiger partial charge in [0.25, 0.3) is 0 Å². The van der Waals surface area contributed by atoms with Crippen molar-refractivity contribution in [2.75, 3.05) is 26.1 Å². The number of methoxy groups -OCH3 is 2. The molecule has 2 N–H and O–H groups in total. The lowest BCUT2D eigenvalue weighted by Gasteiger charge is -2.18. The van der Waals surface area contributed by atoms with E-state index in [1.54, 1.807) is 6.07 Å². The van der Waals surface area contributed by atoms with Crippen LogP contribution in [-0.2, 0) is 24.3 Å². The number of carboxylic acid groups (broad SMARTS) is 1. The van der Waals surface area contributed by atoms with Crippen LogP contribution in [0.5, 0.6) is 11.5 Å². The van der Waals surface area contributed by atoms with Crippen molar-refractivity contribution < 1.29 is 24.1 Å². The molecule has 0 saturated carbocycles. The number of aromatic carboxylic acids is 1. The van der Waals surface area contributed by atoms with Gasteiger partial charge in [-0.1, -0.05) is 18.2 Å². The van der Waals surface area contributed by atoms with Crippen LogP contribution < -0.4 is 14.8 Å². The molecular formula is C19H21NO5. The molecule has 6 nitrogen and oxygen atoms in total. The highest BCUT2D eigenvalue weighted by atomic mass is 16.5. The summed E-state index contributed by atoms with van der Waals surface area (Å²) in [5.74, 6) is -0.149. The summed E-state index contributed by atoms with van der Waals surface area (Å²) in [6.07, 6.45) is 0.912. The van der Waals surface area contributed by atoms with E-state index in [0.29, 0.717) is 30.3 Å². The molecule has 0 atom stereocenters. The lowest BCUT2D eigenvalue weighted by molar-refractivity contribution is 0.0696. The standard InChI is InChI=1S/C19H21NO5/c1-23-17-9-15(19(21)22)8-16(18(17)24-2)20-10-12-3-4-14-11-25-6-5-13(14)7-12/h3-4,7-9,20H,5-6,10-11H2,1-2H3,(H,21,22). The molecule has 0 unspecified atom stereocenters. The number of hydrogen-bond donors (Lipinski definition) is 2. The van der Waals surface area contributed by atoms with Crippen LogP contribution in [0.2, 0.25) is 0 Å². The van der Waals surface area contributed by atoms with Crippen LogP contribution in [0.4, 0.5) is 5.69 Å². The van der Waals surface area contributed by atoms with Gasteiger partial charge in [0.15, 0.2) is 11.5 Å². The Balaban J connectivity index is 1.84. The van der Waals surface area contributed by atoms with Gasteiger partial charge < -0.3 is 24.6 Å². The molecule has 0 bridgehead atoms. The lowest BCUT2D eigenvalue weighted by Crippen LogP contribution is -2.11. The SMILES string of the molecule is COc1cc(C(=O)O)cc(NCc2ccc3c(c2)CCOC3)c1OC. The monoisotopic (exact) mass is 343 g/mol. The van der Waals surface area contributed by atoms with E-state index in [1.165, 1.54) is 31.4 Å². The third kappa shape index (κ3) is 3.69. The van der Waals surface area contributed by atoms with Gasteiger partial charge in [0, 0.05) is 6.54 Å². The van der Waals surface area contributed by atoms with Crippen molar-refractivity contribution in [3.63, 3.8) is 0 Å². The zero-order chi connectivity index (χ0) is 17.8. The normalized spacial score (nSPS) is 13.0. The van der Waals surface area contributed by atoms with Gasteiger partial charge in [-0.15, -0.1) is 0 Å². The van der Waals surface area contributed by atoms with E-state index in [1.807, 2.05) is 6.07 Å². The number of nitrogens with one attached hydrogen (secondary N) is 1. The Bertz CT molecular complexity index is 788. The molecule has 1 aliphatic rings. The van der Waals surface area contributed by atoms with Gasteiger partial charge in [-0.2, -0.15) is 0 Å². The summed E-state index contributed by atoms with van der Waals surface area (Å²) in [7, 11) is 3.02. The summed E-state index contributed by atoms with van der Waals surface area (Å²) in [6.45, 7) is 1.96. The topological polar surface area (TPSA) is 77.0 Å². The fourth-order valence-electron chi connectivity index (χ4n) is 2.94. The molecule has 3 rings (SSSR count). The summed E-state index contributed by atoms with van der Waals surface area (Å²) >= 11 is 0. The largest absolute Gasteiger partial charge is 0.493 e. The van der Waals surface area contributed by atoms with E-state index < -0.39 is 5.97 Å². The first kappa shape index (κ1) is 17.1. The van der Waals surface area contributed by atoms with E-state index in [2.05, 4.69) is 17.4 Å². The molecule has 0 radical (unpaired) electrons. The zero-order valence-corrected chi connectivity index (χ0v) is 14.3. The number of anilines is 1. The summed E-state index contributed by atoms with van der Waals surface area (Å²) in [6, 6.07) is 9.29. The van der Waals surface area contributed by atoms with Crippen molar-refractivity contribution in [1.29, 1.82) is 0 Å². The number of carboxylic acids is 1. The number of ether oxygens (including phenoxy) is 3. The van der Waals surface area contributed by atoms with Crippen LogP contribution in [0.3, 0.4) is 0 Å². The van der Waals surface area contributed by atoms with E-state index in [-0.39, 0.29) is 5.56 Å². The third-order valence-corrected chi connectivity index (χ3v) is 4.25. The van der Waals surface area contributed by atoms with Crippen molar-refractivity contribution in [1.82, 2.24) is 0 Å². The first-order chi connectivity index (χ1) is 12.1. The Morgan fingerprint density at radius 3 is 2.76 bits per heavy atom. The fourth-order valence-corrected chi connectivity index (χ4v) is 2.94. The van der Waals surface area contributed by atoms with E-state index in [4.69, 9.17) is 14.2 Å². The van der Waals surface area contributed by atoms with Crippen LogP contribution >= 0.6 is 0 Å². The minimum absolute atomic E-state index is 0.141. The Morgan fingerprint density at radius 1 is 1.20 bits per heavy atom. The molecule has 6 heteroatoms. The van der Waals surface area contributed by atoms with Crippen LogP contribution in [0.1, 0.15) is 27.0 Å². The number of benzene rings is 2. The summed E-state index contributed by atoms with van der Waals surface area (Å²) in [5, 5.41) is 12.5. The maximum atomic E-state index is 11.3. The van der Waals surface area contributed by atoms with Gasteiger partial charge in [0.05, 0.1) is 38.7 Å². The fraction of sp³-hybridized carbons (Fsp3) is 0.316. The molecule has 25 heavy (non-hydrogen) atoms. The van der Waals surface area contributed by atoms with Gasteiger partial charge in [0.2, 0.25) is 0 Å². The van der Waals surface area contributed by atoms with Crippen LogP contribution in [0.15, 0.2) is 30.3 Å². The Hall–Kier alpha value is -2.73.